The molecule has 8 nitrogen and oxygen atoms in total. The van der Waals surface area contributed by atoms with Crippen LogP contribution in [0.15, 0.2) is 30.1 Å². The number of hydrazine groups is 2. The molecule has 0 spiro atoms. The summed E-state index contributed by atoms with van der Waals surface area (Å²) in [6.45, 7) is 8.87. The number of hydroxylamine groups is 1. The Kier molecular flexibility index (Phi) is 8.60. The van der Waals surface area contributed by atoms with Gasteiger partial charge < -0.3 is 14.8 Å². The number of nitrogens with zero attached hydrogens (tertiary/aromatic N) is 2. The molecule has 8 heteroatoms. The van der Waals surface area contributed by atoms with Gasteiger partial charge >= 0.3 is 0 Å². The van der Waals surface area contributed by atoms with Gasteiger partial charge in [0.05, 0.1) is 31.8 Å². The number of hydrogen-bond donors (Lipinski definition) is 2. The van der Waals surface area contributed by atoms with E-state index in [-0.39, 0.29) is 11.8 Å². The fourth-order valence-electron chi connectivity index (χ4n) is 2.95. The molecule has 1 aromatic rings. The monoisotopic (exact) mass is 406 g/mol. The Bertz CT molecular complexity index is 710. The van der Waals surface area contributed by atoms with Crippen LogP contribution < -0.4 is 25.3 Å². The van der Waals surface area contributed by atoms with Gasteiger partial charge in [0.1, 0.15) is 0 Å². The summed E-state index contributed by atoms with van der Waals surface area (Å²) < 4.78 is 10.8. The molecule has 0 aliphatic carbocycles. The van der Waals surface area contributed by atoms with E-state index in [0.29, 0.717) is 24.5 Å². The molecule has 2 N–H and O–H groups in total. The fourth-order valence-corrected chi connectivity index (χ4v) is 2.95. The number of methoxy groups -OCH3 is 2. The number of amides is 1. The SMILES string of the molecule is CCCNC(=O)C(CC)ON1C=C(C(C)CC)N(c2ccc(OC)c(OC)c2)N1. The molecule has 29 heavy (non-hydrogen) atoms. The van der Waals surface area contributed by atoms with Gasteiger partial charge in [-0.15, -0.1) is 5.53 Å². The Labute approximate surface area is 173 Å². The lowest BCUT2D eigenvalue weighted by Crippen LogP contribution is -2.46. The average Bonchev–Trinajstić information content (AvgIpc) is 3.18. The van der Waals surface area contributed by atoms with Gasteiger partial charge in [0.25, 0.3) is 5.91 Å². The highest BCUT2D eigenvalue weighted by Crippen LogP contribution is 2.35. The summed E-state index contributed by atoms with van der Waals surface area (Å²) in [4.78, 5) is 18.3. The zero-order valence-electron chi connectivity index (χ0n) is 18.3. The molecule has 0 aromatic heterocycles. The van der Waals surface area contributed by atoms with E-state index in [4.69, 9.17) is 14.3 Å². The second-order valence-corrected chi connectivity index (χ2v) is 6.96. The van der Waals surface area contributed by atoms with Gasteiger partial charge in [0, 0.05) is 12.6 Å². The molecule has 2 atom stereocenters. The molecule has 1 aliphatic heterocycles. The summed E-state index contributed by atoms with van der Waals surface area (Å²) in [6, 6.07) is 5.71. The highest BCUT2D eigenvalue weighted by atomic mass is 16.7. The molecule has 0 radical (unpaired) electrons. The number of carbonyl (C=O) groups is 1. The predicted octanol–water partition coefficient (Wildman–Crippen LogP) is 3.37. The van der Waals surface area contributed by atoms with Crippen molar-refractivity contribution >= 4 is 11.6 Å². The van der Waals surface area contributed by atoms with Gasteiger partial charge in [-0.1, -0.05) is 27.7 Å². The third-order valence-electron chi connectivity index (χ3n) is 4.90. The second-order valence-electron chi connectivity index (χ2n) is 6.96. The van der Waals surface area contributed by atoms with Crippen molar-refractivity contribution in [3.63, 3.8) is 0 Å². The Morgan fingerprint density at radius 3 is 2.45 bits per heavy atom. The van der Waals surface area contributed by atoms with E-state index in [0.717, 1.165) is 24.2 Å². The van der Waals surface area contributed by atoms with Crippen molar-refractivity contribution in [3.8, 4) is 11.5 Å². The van der Waals surface area contributed by atoms with Crippen LogP contribution in [0.3, 0.4) is 0 Å². The lowest BCUT2D eigenvalue weighted by atomic mass is 10.1. The van der Waals surface area contributed by atoms with Crippen molar-refractivity contribution in [1.82, 2.24) is 16.0 Å². The van der Waals surface area contributed by atoms with E-state index in [1.165, 1.54) is 5.17 Å². The van der Waals surface area contributed by atoms with E-state index >= 15 is 0 Å². The molecule has 1 amide bonds. The summed E-state index contributed by atoms with van der Waals surface area (Å²) in [5.41, 5.74) is 5.12. The summed E-state index contributed by atoms with van der Waals surface area (Å²) in [5, 5.41) is 6.34. The van der Waals surface area contributed by atoms with Crippen LogP contribution >= 0.6 is 0 Å². The van der Waals surface area contributed by atoms with Crippen LogP contribution in [0, 0.1) is 5.92 Å². The number of rotatable bonds is 11. The van der Waals surface area contributed by atoms with E-state index in [2.05, 4.69) is 24.7 Å². The Morgan fingerprint density at radius 1 is 1.14 bits per heavy atom. The minimum atomic E-state index is -0.575. The number of allylic oxidation sites excluding steroid dienone is 1. The minimum Gasteiger partial charge on any atom is -0.493 e. The van der Waals surface area contributed by atoms with Gasteiger partial charge in [0.2, 0.25) is 0 Å². The van der Waals surface area contributed by atoms with Gasteiger partial charge in [0.15, 0.2) is 17.6 Å². The van der Waals surface area contributed by atoms with Crippen molar-refractivity contribution < 1.29 is 19.1 Å². The summed E-state index contributed by atoms with van der Waals surface area (Å²) in [6.07, 6.45) is 3.72. The summed E-state index contributed by atoms with van der Waals surface area (Å²) in [7, 11) is 3.22. The van der Waals surface area contributed by atoms with Crippen molar-refractivity contribution in [2.24, 2.45) is 5.92 Å². The van der Waals surface area contributed by atoms with Gasteiger partial charge in [-0.2, -0.15) is 5.17 Å². The number of ether oxygens (including phenoxy) is 2. The number of carbonyl (C=O) groups excluding carboxylic acids is 1. The van der Waals surface area contributed by atoms with Gasteiger partial charge in [-0.05, 0) is 37.3 Å². The van der Waals surface area contributed by atoms with E-state index < -0.39 is 6.10 Å². The van der Waals surface area contributed by atoms with Crippen LogP contribution in [0.5, 0.6) is 11.5 Å². The van der Waals surface area contributed by atoms with Crippen molar-refractivity contribution in [1.29, 1.82) is 0 Å². The highest BCUT2D eigenvalue weighted by Gasteiger charge is 2.29. The Hall–Kier alpha value is -2.45. The molecule has 2 rings (SSSR count). The van der Waals surface area contributed by atoms with Crippen molar-refractivity contribution in [2.75, 3.05) is 25.8 Å². The number of hydrogen-bond acceptors (Lipinski definition) is 7. The average molecular weight is 407 g/mol. The molecule has 0 fully saturated rings. The molecule has 0 saturated carbocycles. The van der Waals surface area contributed by atoms with Crippen LogP contribution in [-0.2, 0) is 9.63 Å². The van der Waals surface area contributed by atoms with E-state index in [1.807, 2.05) is 43.3 Å². The number of benzene rings is 1. The van der Waals surface area contributed by atoms with Crippen molar-refractivity contribution in [2.45, 2.75) is 53.1 Å². The van der Waals surface area contributed by atoms with Crippen LogP contribution in [0.4, 0.5) is 5.69 Å². The highest BCUT2D eigenvalue weighted by molar-refractivity contribution is 5.80. The molecule has 1 aliphatic rings. The topological polar surface area (TPSA) is 75.3 Å². The lowest BCUT2D eigenvalue weighted by molar-refractivity contribution is -0.196. The van der Waals surface area contributed by atoms with Gasteiger partial charge in [-0.3, -0.25) is 9.80 Å². The normalized spacial score (nSPS) is 15.7. The summed E-state index contributed by atoms with van der Waals surface area (Å²) in [5.74, 6) is 1.47. The zero-order chi connectivity index (χ0) is 21.4. The second kappa shape index (κ2) is 10.9. The van der Waals surface area contributed by atoms with Crippen LogP contribution in [0.2, 0.25) is 0 Å². The fraction of sp³-hybridized carbons (Fsp3) is 0.571. The van der Waals surface area contributed by atoms with Gasteiger partial charge in [-0.25, -0.2) is 4.84 Å². The minimum absolute atomic E-state index is 0.112. The molecular weight excluding hydrogens is 372 g/mol. The largest absolute Gasteiger partial charge is 0.493 e. The third kappa shape index (κ3) is 5.55. The first-order valence-corrected chi connectivity index (χ1v) is 10.2. The molecule has 0 bridgehead atoms. The molecular formula is C21H34N4O4. The zero-order valence-corrected chi connectivity index (χ0v) is 18.3. The number of anilines is 1. The van der Waals surface area contributed by atoms with Crippen LogP contribution in [-0.4, -0.2) is 37.9 Å². The Morgan fingerprint density at radius 2 is 1.86 bits per heavy atom. The van der Waals surface area contributed by atoms with E-state index in [1.54, 1.807) is 14.2 Å². The van der Waals surface area contributed by atoms with Crippen molar-refractivity contribution in [3.05, 3.63) is 30.1 Å². The third-order valence-corrected chi connectivity index (χ3v) is 4.90. The molecule has 1 aromatic carbocycles. The van der Waals surface area contributed by atoms with Crippen LogP contribution in [0.25, 0.3) is 0 Å². The quantitative estimate of drug-likeness (QED) is 0.583. The van der Waals surface area contributed by atoms with E-state index in [9.17, 15) is 4.79 Å². The predicted molar refractivity (Wildman–Crippen MR) is 113 cm³/mol. The molecule has 2 unspecified atom stereocenters. The maximum atomic E-state index is 12.3. The maximum Gasteiger partial charge on any atom is 0.251 e. The first-order valence-electron chi connectivity index (χ1n) is 10.2. The standard InChI is InChI=1S/C21H34N4O4/c1-7-12-22-21(26)18(9-3)29-24-14-17(15(4)8-2)25(23-24)16-10-11-19(27-5)20(13-16)28-6/h10-11,13-15,18,23H,7-9,12H2,1-6H3,(H,22,26). The number of nitrogens with one attached hydrogen (secondary N) is 2. The molecule has 162 valence electrons. The maximum absolute atomic E-state index is 12.3. The molecule has 0 saturated heterocycles. The lowest BCUT2D eigenvalue weighted by Gasteiger charge is -2.28. The molecule has 1 heterocycles. The smallest absolute Gasteiger partial charge is 0.251 e. The van der Waals surface area contributed by atoms with Crippen LogP contribution in [0.1, 0.15) is 47.0 Å². The summed E-state index contributed by atoms with van der Waals surface area (Å²) >= 11 is 0. The first-order chi connectivity index (χ1) is 14.0. The Balaban J connectivity index is 2.22. The first kappa shape index (κ1) is 22.8.